The molecule has 1 unspecified atom stereocenters. The summed E-state index contributed by atoms with van der Waals surface area (Å²) in [6, 6.07) is -0.0356. The van der Waals surface area contributed by atoms with Crippen LogP contribution in [0, 0.1) is 5.92 Å². The lowest BCUT2D eigenvalue weighted by Crippen LogP contribution is -2.46. The summed E-state index contributed by atoms with van der Waals surface area (Å²) >= 11 is 0. The van der Waals surface area contributed by atoms with E-state index in [1.54, 1.807) is 4.90 Å². The van der Waals surface area contributed by atoms with Gasteiger partial charge in [-0.1, -0.05) is 0 Å². The highest BCUT2D eigenvalue weighted by atomic mass is 16.4. The van der Waals surface area contributed by atoms with Gasteiger partial charge in [0.2, 0.25) is 0 Å². The van der Waals surface area contributed by atoms with Crippen molar-refractivity contribution in [1.29, 1.82) is 0 Å². The maximum atomic E-state index is 12.1. The molecule has 2 aliphatic rings. The fourth-order valence-corrected chi connectivity index (χ4v) is 3.28. The van der Waals surface area contributed by atoms with Gasteiger partial charge in [-0.3, -0.25) is 4.79 Å². The van der Waals surface area contributed by atoms with Crippen LogP contribution in [-0.2, 0) is 4.79 Å². The summed E-state index contributed by atoms with van der Waals surface area (Å²) in [4.78, 5) is 27.0. The molecule has 2 saturated heterocycles. The van der Waals surface area contributed by atoms with E-state index in [1.807, 2.05) is 0 Å². The van der Waals surface area contributed by atoms with Crippen LogP contribution in [0.2, 0.25) is 0 Å². The first-order valence-electron chi connectivity index (χ1n) is 8.12. The molecule has 2 heterocycles. The number of amides is 2. The Hall–Kier alpha value is -1.30. The number of rotatable bonds is 6. The van der Waals surface area contributed by atoms with Gasteiger partial charge in [-0.15, -0.1) is 0 Å². The highest BCUT2D eigenvalue weighted by Gasteiger charge is 2.25. The van der Waals surface area contributed by atoms with Crippen LogP contribution < -0.4 is 5.32 Å². The summed E-state index contributed by atoms with van der Waals surface area (Å²) in [6.45, 7) is 5.46. The van der Waals surface area contributed by atoms with Crippen molar-refractivity contribution in [2.75, 3.05) is 39.3 Å². The van der Waals surface area contributed by atoms with Crippen molar-refractivity contribution < 1.29 is 14.7 Å². The fraction of sp³-hybridized carbons (Fsp3) is 0.867. The molecule has 2 amide bonds. The molecular formula is C15H27N3O3. The first-order valence-corrected chi connectivity index (χ1v) is 8.12. The molecule has 0 aromatic rings. The average molecular weight is 297 g/mol. The minimum atomic E-state index is -0.770. The fourth-order valence-electron chi connectivity index (χ4n) is 3.28. The second kappa shape index (κ2) is 8.22. The Kier molecular flexibility index (Phi) is 6.29. The quantitative estimate of drug-likeness (QED) is 0.726. The van der Waals surface area contributed by atoms with Gasteiger partial charge in [0.15, 0.2) is 0 Å². The zero-order valence-corrected chi connectivity index (χ0v) is 12.7. The molecule has 0 aromatic carbocycles. The lowest BCUT2D eigenvalue weighted by molar-refractivity contribution is -0.138. The number of nitrogens with one attached hydrogen (secondary N) is 1. The number of likely N-dealkylation sites (tertiary alicyclic amines) is 2. The Bertz CT molecular complexity index is 356. The number of carbonyl (C=O) groups is 2. The van der Waals surface area contributed by atoms with Crippen molar-refractivity contribution in [3.63, 3.8) is 0 Å². The average Bonchev–Trinajstić information content (AvgIpc) is 2.96. The van der Waals surface area contributed by atoms with Crippen molar-refractivity contribution in [2.45, 2.75) is 38.5 Å². The molecule has 2 fully saturated rings. The monoisotopic (exact) mass is 297 g/mol. The summed E-state index contributed by atoms with van der Waals surface area (Å²) < 4.78 is 0. The molecule has 0 spiro atoms. The van der Waals surface area contributed by atoms with E-state index in [0.29, 0.717) is 13.1 Å². The summed E-state index contributed by atoms with van der Waals surface area (Å²) in [5.74, 6) is -0.667. The molecule has 6 nitrogen and oxygen atoms in total. The third-order valence-corrected chi connectivity index (χ3v) is 4.40. The van der Waals surface area contributed by atoms with Gasteiger partial charge in [0.05, 0.1) is 0 Å². The smallest absolute Gasteiger partial charge is 0.317 e. The Morgan fingerprint density at radius 2 is 1.90 bits per heavy atom. The molecule has 1 atom stereocenters. The zero-order valence-electron chi connectivity index (χ0n) is 12.7. The van der Waals surface area contributed by atoms with Crippen LogP contribution in [0.4, 0.5) is 4.79 Å². The zero-order chi connectivity index (χ0) is 15.1. The van der Waals surface area contributed by atoms with Crippen molar-refractivity contribution in [1.82, 2.24) is 15.1 Å². The van der Waals surface area contributed by atoms with E-state index >= 15 is 0 Å². The number of carbonyl (C=O) groups excluding carboxylic acids is 1. The van der Waals surface area contributed by atoms with E-state index in [4.69, 9.17) is 5.11 Å². The Labute approximate surface area is 126 Å². The predicted octanol–water partition coefficient (Wildman–Crippen LogP) is 1.37. The van der Waals surface area contributed by atoms with Crippen molar-refractivity contribution in [3.8, 4) is 0 Å². The molecule has 6 heteroatoms. The van der Waals surface area contributed by atoms with Crippen molar-refractivity contribution >= 4 is 12.0 Å². The molecule has 2 rings (SSSR count). The molecule has 0 aromatic heterocycles. The van der Waals surface area contributed by atoms with Gasteiger partial charge in [0.1, 0.15) is 0 Å². The molecule has 2 N–H and O–H groups in total. The highest BCUT2D eigenvalue weighted by Crippen LogP contribution is 2.19. The molecule has 120 valence electrons. The molecule has 21 heavy (non-hydrogen) atoms. The summed E-state index contributed by atoms with van der Waals surface area (Å²) in [5.41, 5.74) is 0. The lowest BCUT2D eigenvalue weighted by Gasteiger charge is -2.32. The molecule has 2 aliphatic heterocycles. The maximum absolute atomic E-state index is 12.1. The van der Waals surface area contributed by atoms with Gasteiger partial charge >= 0.3 is 12.0 Å². The minimum absolute atomic E-state index is 0.0356. The standard InChI is InChI=1S/C15H27N3O3/c19-14(20)11-13-5-3-10-18(12-13)15(21)16-6-4-9-17-7-1-2-8-17/h13H,1-12H2,(H,16,21)(H,19,20). The van der Waals surface area contributed by atoms with E-state index in [9.17, 15) is 9.59 Å². The Morgan fingerprint density at radius 1 is 1.14 bits per heavy atom. The summed E-state index contributed by atoms with van der Waals surface area (Å²) in [5, 5.41) is 11.8. The second-order valence-electron chi connectivity index (χ2n) is 6.19. The van der Waals surface area contributed by atoms with Crippen LogP contribution in [0.25, 0.3) is 0 Å². The Morgan fingerprint density at radius 3 is 2.62 bits per heavy atom. The third kappa shape index (κ3) is 5.53. The molecule has 0 saturated carbocycles. The van der Waals surface area contributed by atoms with E-state index in [1.165, 1.54) is 25.9 Å². The van der Waals surface area contributed by atoms with Crippen LogP contribution in [0.3, 0.4) is 0 Å². The number of urea groups is 1. The molecule has 0 bridgehead atoms. The van der Waals surface area contributed by atoms with Crippen LogP contribution in [0.5, 0.6) is 0 Å². The number of hydrogen-bond acceptors (Lipinski definition) is 3. The number of aliphatic carboxylic acids is 1. The van der Waals surface area contributed by atoms with Gasteiger partial charge in [-0.05, 0) is 57.7 Å². The first-order chi connectivity index (χ1) is 10.1. The van der Waals surface area contributed by atoms with Gasteiger partial charge in [-0.2, -0.15) is 0 Å². The number of piperidine rings is 1. The molecule has 0 aliphatic carbocycles. The van der Waals surface area contributed by atoms with Crippen LogP contribution in [0.1, 0.15) is 38.5 Å². The number of carboxylic acid groups (broad SMARTS) is 1. The van der Waals surface area contributed by atoms with Gasteiger partial charge < -0.3 is 20.2 Å². The van der Waals surface area contributed by atoms with Crippen LogP contribution in [-0.4, -0.2) is 66.2 Å². The first kappa shape index (κ1) is 16.1. The molecule has 0 radical (unpaired) electrons. The normalized spacial score (nSPS) is 23.2. The number of nitrogens with zero attached hydrogens (tertiary/aromatic N) is 2. The van der Waals surface area contributed by atoms with Crippen molar-refractivity contribution in [3.05, 3.63) is 0 Å². The SMILES string of the molecule is O=C(O)CC1CCCN(C(=O)NCCCN2CCCC2)C1. The number of carboxylic acids is 1. The lowest BCUT2D eigenvalue weighted by atomic mass is 9.95. The highest BCUT2D eigenvalue weighted by molar-refractivity contribution is 5.74. The second-order valence-corrected chi connectivity index (χ2v) is 6.19. The van der Waals surface area contributed by atoms with E-state index in [-0.39, 0.29) is 18.4 Å². The van der Waals surface area contributed by atoms with Crippen molar-refractivity contribution in [2.24, 2.45) is 5.92 Å². The van der Waals surface area contributed by atoms with Gasteiger partial charge in [0, 0.05) is 26.1 Å². The third-order valence-electron chi connectivity index (χ3n) is 4.40. The van der Waals surface area contributed by atoms with Gasteiger partial charge in [0.25, 0.3) is 0 Å². The molecular weight excluding hydrogens is 270 g/mol. The summed E-state index contributed by atoms with van der Waals surface area (Å²) in [6.07, 6.45) is 5.55. The maximum Gasteiger partial charge on any atom is 0.317 e. The van der Waals surface area contributed by atoms with Crippen LogP contribution in [0.15, 0.2) is 0 Å². The minimum Gasteiger partial charge on any atom is -0.481 e. The van der Waals surface area contributed by atoms with E-state index in [0.717, 1.165) is 32.4 Å². The largest absolute Gasteiger partial charge is 0.481 e. The Balaban J connectivity index is 1.61. The van der Waals surface area contributed by atoms with E-state index in [2.05, 4.69) is 10.2 Å². The predicted molar refractivity (Wildman–Crippen MR) is 80.2 cm³/mol. The summed E-state index contributed by atoms with van der Waals surface area (Å²) in [7, 11) is 0. The van der Waals surface area contributed by atoms with Gasteiger partial charge in [-0.25, -0.2) is 4.79 Å². The number of hydrogen-bond donors (Lipinski definition) is 2. The van der Waals surface area contributed by atoms with Crippen LogP contribution >= 0.6 is 0 Å². The topological polar surface area (TPSA) is 72.9 Å². The van der Waals surface area contributed by atoms with E-state index < -0.39 is 5.97 Å².